The molecule has 0 spiro atoms. The molecule has 1 aromatic carbocycles. The number of benzene rings is 1. The Morgan fingerprint density at radius 3 is 2.53 bits per heavy atom. The van der Waals surface area contributed by atoms with E-state index in [1.54, 1.807) is 0 Å². The first-order valence-corrected chi connectivity index (χ1v) is 6.78. The van der Waals surface area contributed by atoms with E-state index in [0.717, 1.165) is 22.2 Å². The molecule has 2 aromatic rings. The van der Waals surface area contributed by atoms with E-state index >= 15 is 0 Å². The molecule has 0 radical (unpaired) electrons. The summed E-state index contributed by atoms with van der Waals surface area (Å²) in [5.41, 5.74) is 0.976. The Morgan fingerprint density at radius 2 is 1.88 bits per heavy atom. The van der Waals surface area contributed by atoms with Crippen molar-refractivity contribution in [2.24, 2.45) is 0 Å². The van der Waals surface area contributed by atoms with Gasteiger partial charge in [0.1, 0.15) is 0 Å². The number of rotatable bonds is 3. The van der Waals surface area contributed by atoms with Crippen molar-refractivity contribution >= 4 is 32.5 Å². The van der Waals surface area contributed by atoms with Crippen LogP contribution in [0.3, 0.4) is 0 Å². The van der Waals surface area contributed by atoms with Crippen molar-refractivity contribution in [3.05, 3.63) is 30.0 Å². The van der Waals surface area contributed by atoms with Gasteiger partial charge in [-0.3, -0.25) is 0 Å². The lowest BCUT2D eigenvalue weighted by atomic mass is 10.1. The first-order valence-electron chi connectivity index (χ1n) is 5.66. The fourth-order valence-corrected chi connectivity index (χ4v) is 2.23. The maximum atomic E-state index is 4.33. The Balaban J connectivity index is 2.59. The van der Waals surface area contributed by atoms with Crippen molar-refractivity contribution in [3.8, 4) is 0 Å². The van der Waals surface area contributed by atoms with Crippen molar-refractivity contribution in [1.82, 2.24) is 10.2 Å². The molecule has 0 aliphatic heterocycles. The third-order valence-corrected chi connectivity index (χ3v) is 4.01. The third-order valence-electron chi connectivity index (χ3n) is 3.07. The SMILES string of the molecule is Cc1nnc(N(C)C(C)CBr)c2ccccc12. The number of fused-ring (bicyclic) bond motifs is 1. The Kier molecular flexibility index (Phi) is 3.62. The topological polar surface area (TPSA) is 29.0 Å². The molecule has 2 rings (SSSR count). The first-order chi connectivity index (χ1) is 8.15. The minimum absolute atomic E-state index is 0.385. The number of anilines is 1. The summed E-state index contributed by atoms with van der Waals surface area (Å²) >= 11 is 3.50. The molecule has 3 nitrogen and oxygen atoms in total. The zero-order valence-corrected chi connectivity index (χ0v) is 11.9. The molecule has 1 atom stereocenters. The highest BCUT2D eigenvalue weighted by molar-refractivity contribution is 9.09. The van der Waals surface area contributed by atoms with Gasteiger partial charge in [-0.25, -0.2) is 0 Å². The number of hydrogen-bond donors (Lipinski definition) is 0. The molecule has 4 heteroatoms. The van der Waals surface area contributed by atoms with Crippen LogP contribution < -0.4 is 4.90 Å². The largest absolute Gasteiger partial charge is 0.354 e. The molecule has 0 aliphatic rings. The average Bonchev–Trinajstić information content (AvgIpc) is 2.38. The van der Waals surface area contributed by atoms with Crippen LogP contribution in [0.4, 0.5) is 5.82 Å². The van der Waals surface area contributed by atoms with Crippen LogP contribution in [0.2, 0.25) is 0 Å². The van der Waals surface area contributed by atoms with Crippen molar-refractivity contribution in [2.75, 3.05) is 17.3 Å². The molecule has 1 unspecified atom stereocenters. The van der Waals surface area contributed by atoms with Crippen LogP contribution in [0, 0.1) is 6.92 Å². The van der Waals surface area contributed by atoms with Crippen LogP contribution in [-0.4, -0.2) is 28.6 Å². The second-order valence-electron chi connectivity index (χ2n) is 4.27. The predicted octanol–water partition coefficient (Wildman–Crippen LogP) is 3.16. The molecule has 0 fully saturated rings. The summed E-state index contributed by atoms with van der Waals surface area (Å²) in [5, 5.41) is 11.8. The lowest BCUT2D eigenvalue weighted by Crippen LogP contribution is -2.31. The van der Waals surface area contributed by atoms with E-state index in [0.29, 0.717) is 6.04 Å². The maximum absolute atomic E-state index is 4.33. The molecule has 90 valence electrons. The van der Waals surface area contributed by atoms with Gasteiger partial charge in [0.25, 0.3) is 0 Å². The molecule has 0 bridgehead atoms. The van der Waals surface area contributed by atoms with E-state index in [2.05, 4.69) is 57.1 Å². The molecular weight excluding hydrogens is 278 g/mol. The van der Waals surface area contributed by atoms with Crippen LogP contribution >= 0.6 is 15.9 Å². The van der Waals surface area contributed by atoms with Crippen molar-refractivity contribution in [3.63, 3.8) is 0 Å². The van der Waals surface area contributed by atoms with Gasteiger partial charge in [0, 0.05) is 29.2 Å². The molecule has 0 amide bonds. The zero-order chi connectivity index (χ0) is 12.4. The van der Waals surface area contributed by atoms with Crippen LogP contribution in [-0.2, 0) is 0 Å². The van der Waals surface area contributed by atoms with Crippen molar-refractivity contribution < 1.29 is 0 Å². The summed E-state index contributed by atoms with van der Waals surface area (Å²) in [5.74, 6) is 0.943. The van der Waals surface area contributed by atoms with Crippen LogP contribution in [0.25, 0.3) is 10.8 Å². The molecule has 0 N–H and O–H groups in total. The number of nitrogens with zero attached hydrogens (tertiary/aromatic N) is 3. The van der Waals surface area contributed by atoms with E-state index in [9.17, 15) is 0 Å². The van der Waals surface area contributed by atoms with Gasteiger partial charge in [0.15, 0.2) is 5.82 Å². The summed E-state index contributed by atoms with van der Waals surface area (Å²) in [6.07, 6.45) is 0. The lowest BCUT2D eigenvalue weighted by molar-refractivity contribution is 0.750. The highest BCUT2D eigenvalue weighted by Crippen LogP contribution is 2.25. The van der Waals surface area contributed by atoms with Gasteiger partial charge in [-0.05, 0) is 13.8 Å². The second-order valence-corrected chi connectivity index (χ2v) is 4.92. The molecule has 17 heavy (non-hydrogen) atoms. The molecule has 0 saturated carbocycles. The summed E-state index contributed by atoms with van der Waals surface area (Å²) < 4.78 is 0. The van der Waals surface area contributed by atoms with Gasteiger partial charge < -0.3 is 4.90 Å². The average molecular weight is 294 g/mol. The standard InChI is InChI=1S/C13H16BrN3/c1-9(8-14)17(3)13-12-7-5-4-6-11(12)10(2)15-16-13/h4-7,9H,8H2,1-3H3. The molecular formula is C13H16BrN3. The minimum Gasteiger partial charge on any atom is -0.354 e. The first kappa shape index (κ1) is 12.3. The van der Waals surface area contributed by atoms with E-state index < -0.39 is 0 Å². The second kappa shape index (κ2) is 5.00. The Morgan fingerprint density at radius 1 is 1.24 bits per heavy atom. The minimum atomic E-state index is 0.385. The maximum Gasteiger partial charge on any atom is 0.159 e. The summed E-state index contributed by atoms with van der Waals surface area (Å²) in [6.45, 7) is 4.15. The summed E-state index contributed by atoms with van der Waals surface area (Å²) in [4.78, 5) is 2.16. The normalized spacial score (nSPS) is 12.7. The van der Waals surface area contributed by atoms with E-state index in [1.807, 2.05) is 19.1 Å². The Bertz CT molecular complexity index is 527. The van der Waals surface area contributed by atoms with Gasteiger partial charge in [0.2, 0.25) is 0 Å². The van der Waals surface area contributed by atoms with Gasteiger partial charge in [-0.2, -0.15) is 5.10 Å². The number of alkyl halides is 1. The Hall–Kier alpha value is -1.16. The molecule has 1 heterocycles. The number of hydrogen-bond acceptors (Lipinski definition) is 3. The van der Waals surface area contributed by atoms with E-state index in [1.165, 1.54) is 5.39 Å². The van der Waals surface area contributed by atoms with Gasteiger partial charge in [-0.15, -0.1) is 5.10 Å². The van der Waals surface area contributed by atoms with Crippen LogP contribution in [0.15, 0.2) is 24.3 Å². The lowest BCUT2D eigenvalue weighted by Gasteiger charge is -2.25. The van der Waals surface area contributed by atoms with E-state index in [4.69, 9.17) is 0 Å². The fourth-order valence-electron chi connectivity index (χ4n) is 1.80. The number of aromatic nitrogens is 2. The highest BCUT2D eigenvalue weighted by Gasteiger charge is 2.14. The third kappa shape index (κ3) is 2.27. The van der Waals surface area contributed by atoms with Crippen molar-refractivity contribution in [2.45, 2.75) is 19.9 Å². The quantitative estimate of drug-likeness (QED) is 0.814. The summed E-state index contributed by atoms with van der Waals surface area (Å²) in [7, 11) is 2.05. The molecule has 0 aliphatic carbocycles. The van der Waals surface area contributed by atoms with Crippen LogP contribution in [0.5, 0.6) is 0 Å². The predicted molar refractivity (Wildman–Crippen MR) is 75.9 cm³/mol. The van der Waals surface area contributed by atoms with E-state index in [-0.39, 0.29) is 0 Å². The Labute approximate surface area is 110 Å². The van der Waals surface area contributed by atoms with Crippen LogP contribution in [0.1, 0.15) is 12.6 Å². The fraction of sp³-hybridized carbons (Fsp3) is 0.385. The monoisotopic (exact) mass is 293 g/mol. The smallest absolute Gasteiger partial charge is 0.159 e. The van der Waals surface area contributed by atoms with Crippen molar-refractivity contribution in [1.29, 1.82) is 0 Å². The summed E-state index contributed by atoms with van der Waals surface area (Å²) in [6, 6.07) is 8.66. The van der Waals surface area contributed by atoms with Gasteiger partial charge >= 0.3 is 0 Å². The van der Waals surface area contributed by atoms with Gasteiger partial charge in [-0.1, -0.05) is 40.2 Å². The number of halogens is 1. The number of aryl methyl sites for hydroxylation is 1. The molecule has 0 saturated heterocycles. The van der Waals surface area contributed by atoms with Gasteiger partial charge in [0.05, 0.1) is 5.69 Å². The highest BCUT2D eigenvalue weighted by atomic mass is 79.9. The molecule has 1 aromatic heterocycles. The zero-order valence-electron chi connectivity index (χ0n) is 10.3.